The fourth-order valence-corrected chi connectivity index (χ4v) is 2.58. The van der Waals surface area contributed by atoms with E-state index < -0.39 is 0 Å². The minimum absolute atomic E-state index is 0.0254. The molecule has 0 bridgehead atoms. The molecule has 2 aromatic carbocycles. The van der Waals surface area contributed by atoms with Crippen LogP contribution >= 0.6 is 0 Å². The summed E-state index contributed by atoms with van der Waals surface area (Å²) in [5, 5.41) is 5.90. The minimum Gasteiger partial charge on any atom is -0.376 e. The molecule has 2 aromatic rings. The summed E-state index contributed by atoms with van der Waals surface area (Å²) >= 11 is 0. The maximum absolute atomic E-state index is 12.1. The van der Waals surface area contributed by atoms with Crippen LogP contribution in [-0.4, -0.2) is 31.3 Å². The molecule has 0 saturated heterocycles. The molecule has 5 nitrogen and oxygen atoms in total. The van der Waals surface area contributed by atoms with Crippen molar-refractivity contribution in [1.29, 1.82) is 0 Å². The fourth-order valence-electron chi connectivity index (χ4n) is 2.58. The second-order valence-electron chi connectivity index (χ2n) is 5.76. The molecule has 25 heavy (non-hydrogen) atoms. The van der Waals surface area contributed by atoms with E-state index in [1.807, 2.05) is 24.3 Å². The average Bonchev–Trinajstić information content (AvgIpc) is 2.62. The van der Waals surface area contributed by atoms with Gasteiger partial charge in [0.05, 0.1) is 6.54 Å². The fraction of sp³-hybridized carbons (Fsp3) is 0.300. The van der Waals surface area contributed by atoms with E-state index in [1.165, 1.54) is 12.6 Å². The quantitative estimate of drug-likeness (QED) is 0.719. The van der Waals surface area contributed by atoms with Crippen molar-refractivity contribution in [3.05, 3.63) is 54.1 Å². The van der Waals surface area contributed by atoms with Crippen LogP contribution in [0.25, 0.3) is 0 Å². The van der Waals surface area contributed by atoms with Crippen molar-refractivity contribution < 1.29 is 9.59 Å². The Balaban J connectivity index is 1.89. The lowest BCUT2D eigenvalue weighted by atomic mass is 10.1. The molecule has 2 rings (SSSR count). The second kappa shape index (κ2) is 8.87. The molecule has 0 aliphatic carbocycles. The molecule has 0 aromatic heterocycles. The summed E-state index contributed by atoms with van der Waals surface area (Å²) in [6.07, 6.45) is 0. The number of nitrogens with zero attached hydrogens (tertiary/aromatic N) is 1. The van der Waals surface area contributed by atoms with E-state index in [2.05, 4.69) is 29.4 Å². The van der Waals surface area contributed by atoms with Gasteiger partial charge in [0.2, 0.25) is 5.91 Å². The zero-order chi connectivity index (χ0) is 18.2. The van der Waals surface area contributed by atoms with E-state index in [-0.39, 0.29) is 18.2 Å². The van der Waals surface area contributed by atoms with Gasteiger partial charge >= 0.3 is 0 Å². The van der Waals surface area contributed by atoms with Crippen molar-refractivity contribution in [2.24, 2.45) is 0 Å². The normalized spacial score (nSPS) is 10.2. The SMILES string of the molecule is CCN(CC)c1ccc(NCC(=O)Nc2cccc(C(C)=O)c2)cc1. The Morgan fingerprint density at radius 3 is 2.24 bits per heavy atom. The number of benzene rings is 2. The van der Waals surface area contributed by atoms with E-state index in [4.69, 9.17) is 0 Å². The Hall–Kier alpha value is -2.82. The first-order valence-corrected chi connectivity index (χ1v) is 8.53. The number of Topliss-reactive ketones (excluding diaryl/α,β-unsaturated/α-hetero) is 1. The van der Waals surface area contributed by atoms with Crippen molar-refractivity contribution in [2.45, 2.75) is 20.8 Å². The number of carbonyl (C=O) groups is 2. The molecule has 0 fully saturated rings. The first kappa shape index (κ1) is 18.5. The van der Waals surface area contributed by atoms with Gasteiger partial charge in [0, 0.05) is 35.7 Å². The maximum atomic E-state index is 12.1. The Morgan fingerprint density at radius 2 is 1.64 bits per heavy atom. The third kappa shape index (κ3) is 5.35. The Kier molecular flexibility index (Phi) is 6.57. The monoisotopic (exact) mass is 339 g/mol. The van der Waals surface area contributed by atoms with Crippen LogP contribution in [0.4, 0.5) is 17.1 Å². The van der Waals surface area contributed by atoms with Crippen molar-refractivity contribution in [3.8, 4) is 0 Å². The zero-order valence-corrected chi connectivity index (χ0v) is 15.0. The standard InChI is InChI=1S/C20H25N3O2/c1-4-23(5-2)19-11-9-17(10-12-19)21-14-20(25)22-18-8-6-7-16(13-18)15(3)24/h6-13,21H,4-5,14H2,1-3H3,(H,22,25). The van der Waals surface area contributed by atoms with Gasteiger partial charge in [-0.1, -0.05) is 12.1 Å². The van der Waals surface area contributed by atoms with Gasteiger partial charge in [0.25, 0.3) is 0 Å². The summed E-state index contributed by atoms with van der Waals surface area (Å²) in [5.74, 6) is -0.184. The van der Waals surface area contributed by atoms with Gasteiger partial charge in [-0.05, 0) is 57.2 Å². The van der Waals surface area contributed by atoms with E-state index in [0.29, 0.717) is 11.3 Å². The smallest absolute Gasteiger partial charge is 0.243 e. The number of nitrogens with one attached hydrogen (secondary N) is 2. The summed E-state index contributed by atoms with van der Waals surface area (Å²) in [5.41, 5.74) is 3.26. The molecule has 0 heterocycles. The van der Waals surface area contributed by atoms with Crippen LogP contribution in [0, 0.1) is 0 Å². The lowest BCUT2D eigenvalue weighted by Gasteiger charge is -2.21. The lowest BCUT2D eigenvalue weighted by molar-refractivity contribution is -0.114. The van der Waals surface area contributed by atoms with Crippen LogP contribution in [0.2, 0.25) is 0 Å². The maximum Gasteiger partial charge on any atom is 0.243 e. The highest BCUT2D eigenvalue weighted by atomic mass is 16.2. The number of amides is 1. The van der Waals surface area contributed by atoms with E-state index >= 15 is 0 Å². The molecular formula is C20H25N3O2. The van der Waals surface area contributed by atoms with Crippen molar-refractivity contribution in [1.82, 2.24) is 0 Å². The van der Waals surface area contributed by atoms with Gasteiger partial charge in [-0.15, -0.1) is 0 Å². The predicted octanol–water partition coefficient (Wildman–Crippen LogP) is 3.79. The Labute approximate surface area is 149 Å². The highest BCUT2D eigenvalue weighted by Gasteiger charge is 2.06. The molecule has 0 spiro atoms. The van der Waals surface area contributed by atoms with Crippen LogP contribution in [0.15, 0.2) is 48.5 Å². The second-order valence-corrected chi connectivity index (χ2v) is 5.76. The molecule has 0 aliphatic heterocycles. The van der Waals surface area contributed by atoms with Gasteiger partial charge in [0.15, 0.2) is 5.78 Å². The summed E-state index contributed by atoms with van der Waals surface area (Å²) < 4.78 is 0. The van der Waals surface area contributed by atoms with Crippen LogP contribution in [0.1, 0.15) is 31.1 Å². The molecule has 5 heteroatoms. The number of rotatable bonds is 8. The zero-order valence-electron chi connectivity index (χ0n) is 15.0. The number of ketones is 1. The Bertz CT molecular complexity index is 722. The summed E-state index contributed by atoms with van der Waals surface area (Å²) in [4.78, 5) is 25.7. The molecule has 0 saturated carbocycles. The van der Waals surface area contributed by atoms with Crippen LogP contribution < -0.4 is 15.5 Å². The first-order chi connectivity index (χ1) is 12.0. The van der Waals surface area contributed by atoms with Crippen molar-refractivity contribution >= 4 is 28.8 Å². The largest absolute Gasteiger partial charge is 0.376 e. The lowest BCUT2D eigenvalue weighted by Crippen LogP contribution is -2.22. The third-order valence-electron chi connectivity index (χ3n) is 4.00. The van der Waals surface area contributed by atoms with Crippen LogP contribution in [-0.2, 0) is 4.79 Å². The highest BCUT2D eigenvalue weighted by molar-refractivity contribution is 5.98. The van der Waals surface area contributed by atoms with Gasteiger partial charge in [0.1, 0.15) is 0 Å². The van der Waals surface area contributed by atoms with E-state index in [1.54, 1.807) is 24.3 Å². The van der Waals surface area contributed by atoms with E-state index in [9.17, 15) is 9.59 Å². The van der Waals surface area contributed by atoms with Gasteiger partial charge in [-0.3, -0.25) is 9.59 Å². The molecule has 1 amide bonds. The molecule has 2 N–H and O–H groups in total. The molecular weight excluding hydrogens is 314 g/mol. The van der Waals surface area contributed by atoms with Gasteiger partial charge in [-0.25, -0.2) is 0 Å². The minimum atomic E-state index is -0.159. The number of carbonyl (C=O) groups excluding carboxylic acids is 2. The third-order valence-corrected chi connectivity index (χ3v) is 4.00. The molecule has 132 valence electrons. The van der Waals surface area contributed by atoms with Crippen molar-refractivity contribution in [3.63, 3.8) is 0 Å². The molecule has 0 unspecified atom stereocenters. The molecule has 0 atom stereocenters. The molecule has 0 aliphatic rings. The summed E-state index contributed by atoms with van der Waals surface area (Å²) in [6.45, 7) is 7.84. The number of hydrogen-bond donors (Lipinski definition) is 2. The number of hydrogen-bond acceptors (Lipinski definition) is 4. The predicted molar refractivity (Wildman–Crippen MR) is 104 cm³/mol. The van der Waals surface area contributed by atoms with Crippen LogP contribution in [0.3, 0.4) is 0 Å². The number of anilines is 3. The molecule has 0 radical (unpaired) electrons. The summed E-state index contributed by atoms with van der Waals surface area (Å²) in [6, 6.07) is 15.0. The topological polar surface area (TPSA) is 61.4 Å². The van der Waals surface area contributed by atoms with Crippen molar-refractivity contribution in [2.75, 3.05) is 35.2 Å². The highest BCUT2D eigenvalue weighted by Crippen LogP contribution is 2.17. The summed E-state index contributed by atoms with van der Waals surface area (Å²) in [7, 11) is 0. The van der Waals surface area contributed by atoms with Gasteiger partial charge < -0.3 is 15.5 Å². The average molecular weight is 339 g/mol. The van der Waals surface area contributed by atoms with Crippen LogP contribution in [0.5, 0.6) is 0 Å². The van der Waals surface area contributed by atoms with E-state index in [0.717, 1.165) is 18.8 Å². The first-order valence-electron chi connectivity index (χ1n) is 8.53. The Morgan fingerprint density at radius 1 is 0.960 bits per heavy atom. The van der Waals surface area contributed by atoms with Gasteiger partial charge in [-0.2, -0.15) is 0 Å².